The fraction of sp³-hybridized carbons (Fsp3) is 0.643. The summed E-state index contributed by atoms with van der Waals surface area (Å²) in [7, 11) is 0. The van der Waals surface area contributed by atoms with Crippen molar-refractivity contribution in [1.82, 2.24) is 10.3 Å². The molecular weight excluding hydrogens is 196 g/mol. The fourth-order valence-corrected chi connectivity index (χ4v) is 1.86. The number of pyridine rings is 1. The Morgan fingerprint density at radius 3 is 2.56 bits per heavy atom. The van der Waals surface area contributed by atoms with Gasteiger partial charge in [0.1, 0.15) is 0 Å². The molecule has 1 rings (SSSR count). The van der Waals surface area contributed by atoms with E-state index in [0.717, 1.165) is 18.2 Å². The number of hydrogen-bond donors (Lipinski definition) is 1. The fourth-order valence-electron chi connectivity index (χ4n) is 1.86. The summed E-state index contributed by atoms with van der Waals surface area (Å²) in [6, 6.07) is 6.68. The molecule has 1 unspecified atom stereocenters. The molecule has 1 atom stereocenters. The topological polar surface area (TPSA) is 24.9 Å². The second-order valence-electron chi connectivity index (χ2n) is 4.79. The third-order valence-electron chi connectivity index (χ3n) is 2.75. The van der Waals surface area contributed by atoms with Gasteiger partial charge in [-0.2, -0.15) is 0 Å². The molecule has 1 aromatic rings. The van der Waals surface area contributed by atoms with Crippen molar-refractivity contribution in [2.24, 2.45) is 5.92 Å². The van der Waals surface area contributed by atoms with E-state index >= 15 is 0 Å². The predicted octanol–water partition coefficient (Wildman–Crippen LogP) is 3.48. The maximum atomic E-state index is 4.61. The van der Waals surface area contributed by atoms with E-state index in [-0.39, 0.29) is 0 Å². The van der Waals surface area contributed by atoms with Crippen LogP contribution in [0, 0.1) is 12.8 Å². The molecule has 90 valence electrons. The van der Waals surface area contributed by atoms with Crippen LogP contribution in [0.4, 0.5) is 0 Å². The Morgan fingerprint density at radius 1 is 1.25 bits per heavy atom. The second kappa shape index (κ2) is 6.64. The lowest BCUT2D eigenvalue weighted by Crippen LogP contribution is -2.22. The van der Waals surface area contributed by atoms with E-state index in [4.69, 9.17) is 0 Å². The summed E-state index contributed by atoms with van der Waals surface area (Å²) in [5.41, 5.74) is 2.28. The third-order valence-corrected chi connectivity index (χ3v) is 2.75. The Bertz CT molecular complexity index is 307. The van der Waals surface area contributed by atoms with Gasteiger partial charge in [-0.25, -0.2) is 0 Å². The SMILES string of the molecule is CCNC(CCC(C)C)c1cccc(C)n1. The number of aryl methyl sites for hydroxylation is 1. The van der Waals surface area contributed by atoms with Gasteiger partial charge < -0.3 is 5.32 Å². The Labute approximate surface area is 99.5 Å². The molecule has 0 radical (unpaired) electrons. The average Bonchev–Trinajstić information content (AvgIpc) is 2.24. The number of nitrogens with one attached hydrogen (secondary N) is 1. The Morgan fingerprint density at radius 2 is 2.00 bits per heavy atom. The minimum absolute atomic E-state index is 0.410. The molecular formula is C14H24N2. The van der Waals surface area contributed by atoms with E-state index in [1.807, 2.05) is 0 Å². The molecule has 0 amide bonds. The van der Waals surface area contributed by atoms with Gasteiger partial charge in [0, 0.05) is 11.7 Å². The lowest BCUT2D eigenvalue weighted by Gasteiger charge is -2.18. The first kappa shape index (κ1) is 13.2. The molecule has 1 heterocycles. The van der Waals surface area contributed by atoms with Crippen LogP contribution in [0.5, 0.6) is 0 Å². The molecule has 2 heteroatoms. The van der Waals surface area contributed by atoms with Crippen molar-refractivity contribution in [1.29, 1.82) is 0 Å². The van der Waals surface area contributed by atoms with Crippen LogP contribution in [0.15, 0.2) is 18.2 Å². The van der Waals surface area contributed by atoms with Crippen LogP contribution in [0.1, 0.15) is 51.0 Å². The van der Waals surface area contributed by atoms with Gasteiger partial charge >= 0.3 is 0 Å². The van der Waals surface area contributed by atoms with Crippen LogP contribution < -0.4 is 5.32 Å². The summed E-state index contributed by atoms with van der Waals surface area (Å²) >= 11 is 0. The third kappa shape index (κ3) is 4.31. The summed E-state index contributed by atoms with van der Waals surface area (Å²) < 4.78 is 0. The first-order valence-electron chi connectivity index (χ1n) is 6.30. The zero-order chi connectivity index (χ0) is 12.0. The average molecular weight is 220 g/mol. The zero-order valence-electron chi connectivity index (χ0n) is 11.0. The standard InChI is InChI=1S/C14H24N2/c1-5-15-13(10-9-11(2)3)14-8-6-7-12(4)16-14/h6-8,11,13,15H,5,9-10H2,1-4H3. The molecule has 0 fully saturated rings. The molecule has 1 aromatic heterocycles. The predicted molar refractivity (Wildman–Crippen MR) is 69.5 cm³/mol. The largest absolute Gasteiger partial charge is 0.309 e. The van der Waals surface area contributed by atoms with Crippen molar-refractivity contribution in [3.05, 3.63) is 29.6 Å². The van der Waals surface area contributed by atoms with Gasteiger partial charge in [-0.1, -0.05) is 26.8 Å². The van der Waals surface area contributed by atoms with Crippen molar-refractivity contribution >= 4 is 0 Å². The van der Waals surface area contributed by atoms with Gasteiger partial charge in [0.2, 0.25) is 0 Å². The van der Waals surface area contributed by atoms with E-state index in [1.54, 1.807) is 0 Å². The van der Waals surface area contributed by atoms with Gasteiger partial charge in [-0.15, -0.1) is 0 Å². The van der Waals surface area contributed by atoms with Crippen molar-refractivity contribution in [3.63, 3.8) is 0 Å². The highest BCUT2D eigenvalue weighted by atomic mass is 14.9. The van der Waals surface area contributed by atoms with Gasteiger partial charge in [-0.05, 0) is 44.4 Å². The first-order chi connectivity index (χ1) is 7.63. The quantitative estimate of drug-likeness (QED) is 0.794. The van der Waals surface area contributed by atoms with Gasteiger partial charge in [-0.3, -0.25) is 4.98 Å². The summed E-state index contributed by atoms with van der Waals surface area (Å²) in [6.45, 7) is 9.74. The summed E-state index contributed by atoms with van der Waals surface area (Å²) in [6.07, 6.45) is 2.41. The van der Waals surface area contributed by atoms with Gasteiger partial charge in [0.05, 0.1) is 5.69 Å². The smallest absolute Gasteiger partial charge is 0.0576 e. The van der Waals surface area contributed by atoms with Crippen molar-refractivity contribution in [2.45, 2.75) is 46.6 Å². The molecule has 0 aromatic carbocycles. The highest BCUT2D eigenvalue weighted by Gasteiger charge is 2.12. The van der Waals surface area contributed by atoms with Crippen molar-refractivity contribution in [2.75, 3.05) is 6.54 Å². The Hall–Kier alpha value is -0.890. The molecule has 16 heavy (non-hydrogen) atoms. The maximum Gasteiger partial charge on any atom is 0.0576 e. The van der Waals surface area contributed by atoms with Crippen LogP contribution in [0.2, 0.25) is 0 Å². The Kier molecular flexibility index (Phi) is 5.47. The van der Waals surface area contributed by atoms with E-state index in [9.17, 15) is 0 Å². The van der Waals surface area contributed by atoms with E-state index in [0.29, 0.717) is 6.04 Å². The molecule has 0 bridgehead atoms. The number of rotatable bonds is 6. The van der Waals surface area contributed by atoms with E-state index in [2.05, 4.69) is 56.2 Å². The van der Waals surface area contributed by atoms with E-state index in [1.165, 1.54) is 18.5 Å². The molecule has 0 aliphatic heterocycles. The maximum absolute atomic E-state index is 4.61. The van der Waals surface area contributed by atoms with Crippen LogP contribution in [-0.2, 0) is 0 Å². The highest BCUT2D eigenvalue weighted by molar-refractivity contribution is 5.13. The first-order valence-corrected chi connectivity index (χ1v) is 6.30. The molecule has 2 nitrogen and oxygen atoms in total. The second-order valence-corrected chi connectivity index (χ2v) is 4.79. The molecule has 0 aliphatic rings. The van der Waals surface area contributed by atoms with Crippen LogP contribution in [0.3, 0.4) is 0 Å². The van der Waals surface area contributed by atoms with Gasteiger partial charge in [0.15, 0.2) is 0 Å². The van der Waals surface area contributed by atoms with Crippen molar-refractivity contribution in [3.8, 4) is 0 Å². The lowest BCUT2D eigenvalue weighted by molar-refractivity contribution is 0.441. The summed E-state index contributed by atoms with van der Waals surface area (Å²) in [5.74, 6) is 0.756. The number of nitrogens with zero attached hydrogens (tertiary/aromatic N) is 1. The Balaban J connectivity index is 2.68. The van der Waals surface area contributed by atoms with Crippen LogP contribution in [0.25, 0.3) is 0 Å². The van der Waals surface area contributed by atoms with Crippen LogP contribution >= 0.6 is 0 Å². The molecule has 0 saturated carbocycles. The van der Waals surface area contributed by atoms with Gasteiger partial charge in [0.25, 0.3) is 0 Å². The monoisotopic (exact) mass is 220 g/mol. The normalized spacial score (nSPS) is 13.1. The summed E-state index contributed by atoms with van der Waals surface area (Å²) in [4.78, 5) is 4.61. The molecule has 0 spiro atoms. The van der Waals surface area contributed by atoms with Crippen LogP contribution in [-0.4, -0.2) is 11.5 Å². The molecule has 1 N–H and O–H groups in total. The molecule has 0 saturated heterocycles. The van der Waals surface area contributed by atoms with Crippen molar-refractivity contribution < 1.29 is 0 Å². The van der Waals surface area contributed by atoms with E-state index < -0.39 is 0 Å². The lowest BCUT2D eigenvalue weighted by atomic mass is 10.0. The minimum atomic E-state index is 0.410. The number of aromatic nitrogens is 1. The number of hydrogen-bond acceptors (Lipinski definition) is 2. The highest BCUT2D eigenvalue weighted by Crippen LogP contribution is 2.19. The molecule has 0 aliphatic carbocycles. The summed E-state index contributed by atoms with van der Waals surface area (Å²) in [5, 5.41) is 3.52. The zero-order valence-corrected chi connectivity index (χ0v) is 11.0. The minimum Gasteiger partial charge on any atom is -0.309 e.